The zero-order valence-corrected chi connectivity index (χ0v) is 16.6. The molecule has 150 valence electrons. The van der Waals surface area contributed by atoms with E-state index >= 15 is 0 Å². The standard InChI is InChI=1S/C21H26N2O5/c1-5-27-21(26)19-14(3)18(15(4)23-19)20(25)28-12-17(24)22-11-13(2)16-9-7-6-8-10-16/h6-10,13,23H,5,11-12H2,1-4H3,(H,22,24)/t13-/m0/s1. The van der Waals surface area contributed by atoms with Crippen LogP contribution in [0.1, 0.15) is 57.4 Å². The van der Waals surface area contributed by atoms with E-state index in [4.69, 9.17) is 9.47 Å². The van der Waals surface area contributed by atoms with Crippen molar-refractivity contribution in [1.29, 1.82) is 0 Å². The van der Waals surface area contributed by atoms with Gasteiger partial charge in [-0.15, -0.1) is 0 Å². The lowest BCUT2D eigenvalue weighted by Crippen LogP contribution is -2.31. The fourth-order valence-electron chi connectivity index (χ4n) is 2.88. The van der Waals surface area contributed by atoms with Gasteiger partial charge in [0.15, 0.2) is 6.61 Å². The SMILES string of the molecule is CCOC(=O)c1[nH]c(C)c(C(=O)OCC(=O)NC[C@H](C)c2ccccc2)c1C. The number of rotatable bonds is 8. The Balaban J connectivity index is 1.90. The Morgan fingerprint density at radius 2 is 1.75 bits per heavy atom. The van der Waals surface area contributed by atoms with Crippen LogP contribution >= 0.6 is 0 Å². The second-order valence-corrected chi connectivity index (χ2v) is 6.54. The maximum atomic E-state index is 12.4. The number of hydrogen-bond donors (Lipinski definition) is 2. The van der Waals surface area contributed by atoms with Gasteiger partial charge >= 0.3 is 11.9 Å². The first-order valence-electron chi connectivity index (χ1n) is 9.20. The van der Waals surface area contributed by atoms with Crippen molar-refractivity contribution < 1.29 is 23.9 Å². The van der Waals surface area contributed by atoms with Crippen LogP contribution in [0.15, 0.2) is 30.3 Å². The Hall–Kier alpha value is -3.09. The van der Waals surface area contributed by atoms with Gasteiger partial charge in [-0.3, -0.25) is 4.79 Å². The summed E-state index contributed by atoms with van der Waals surface area (Å²) in [6, 6.07) is 9.82. The molecule has 0 bridgehead atoms. The number of carbonyl (C=O) groups is 3. The van der Waals surface area contributed by atoms with Crippen molar-refractivity contribution in [1.82, 2.24) is 10.3 Å². The third-order valence-corrected chi connectivity index (χ3v) is 4.43. The highest BCUT2D eigenvalue weighted by molar-refractivity contribution is 5.99. The molecule has 28 heavy (non-hydrogen) atoms. The maximum absolute atomic E-state index is 12.4. The van der Waals surface area contributed by atoms with Crippen molar-refractivity contribution in [2.24, 2.45) is 0 Å². The van der Waals surface area contributed by atoms with Gasteiger partial charge in [0.25, 0.3) is 5.91 Å². The summed E-state index contributed by atoms with van der Waals surface area (Å²) >= 11 is 0. The minimum absolute atomic E-state index is 0.141. The number of amides is 1. The molecule has 0 radical (unpaired) electrons. The minimum Gasteiger partial charge on any atom is -0.461 e. The molecular weight excluding hydrogens is 360 g/mol. The number of aryl methyl sites for hydroxylation is 1. The van der Waals surface area contributed by atoms with E-state index in [1.54, 1.807) is 20.8 Å². The molecule has 0 unspecified atom stereocenters. The summed E-state index contributed by atoms with van der Waals surface area (Å²) < 4.78 is 10.1. The normalized spacial score (nSPS) is 11.6. The number of hydrogen-bond acceptors (Lipinski definition) is 5. The molecule has 0 saturated carbocycles. The average molecular weight is 386 g/mol. The van der Waals surface area contributed by atoms with Crippen LogP contribution in [0.4, 0.5) is 0 Å². The summed E-state index contributed by atoms with van der Waals surface area (Å²) in [7, 11) is 0. The van der Waals surface area contributed by atoms with E-state index in [2.05, 4.69) is 10.3 Å². The number of benzene rings is 1. The maximum Gasteiger partial charge on any atom is 0.355 e. The molecule has 7 nitrogen and oxygen atoms in total. The van der Waals surface area contributed by atoms with Gasteiger partial charge in [0, 0.05) is 12.2 Å². The van der Waals surface area contributed by atoms with Crippen molar-refractivity contribution in [3.05, 3.63) is 58.4 Å². The van der Waals surface area contributed by atoms with Gasteiger partial charge in [-0.2, -0.15) is 0 Å². The van der Waals surface area contributed by atoms with Gasteiger partial charge in [-0.25, -0.2) is 9.59 Å². The molecule has 0 aliphatic rings. The number of aromatic nitrogens is 1. The fourth-order valence-corrected chi connectivity index (χ4v) is 2.88. The average Bonchev–Trinajstić information content (AvgIpc) is 2.99. The predicted molar refractivity (Wildman–Crippen MR) is 104 cm³/mol. The van der Waals surface area contributed by atoms with Crippen molar-refractivity contribution in [2.75, 3.05) is 19.8 Å². The van der Waals surface area contributed by atoms with E-state index < -0.39 is 11.9 Å². The number of esters is 2. The Morgan fingerprint density at radius 1 is 1.07 bits per heavy atom. The van der Waals surface area contributed by atoms with Crippen LogP contribution in [0.2, 0.25) is 0 Å². The molecule has 1 aromatic heterocycles. The topological polar surface area (TPSA) is 97.5 Å². The van der Waals surface area contributed by atoms with Crippen LogP contribution in [0.5, 0.6) is 0 Å². The van der Waals surface area contributed by atoms with Crippen molar-refractivity contribution in [2.45, 2.75) is 33.6 Å². The molecule has 2 aromatic rings. The molecule has 1 atom stereocenters. The van der Waals surface area contributed by atoms with Crippen LogP contribution < -0.4 is 5.32 Å². The zero-order chi connectivity index (χ0) is 20.7. The first-order valence-corrected chi connectivity index (χ1v) is 9.20. The number of aromatic amines is 1. The van der Waals surface area contributed by atoms with E-state index in [0.717, 1.165) is 5.56 Å². The zero-order valence-electron chi connectivity index (χ0n) is 16.6. The van der Waals surface area contributed by atoms with E-state index in [-0.39, 0.29) is 36.3 Å². The van der Waals surface area contributed by atoms with Crippen LogP contribution in [0.3, 0.4) is 0 Å². The van der Waals surface area contributed by atoms with Crippen LogP contribution in [-0.2, 0) is 14.3 Å². The van der Waals surface area contributed by atoms with Gasteiger partial charge < -0.3 is 19.8 Å². The highest BCUT2D eigenvalue weighted by Crippen LogP contribution is 2.20. The van der Waals surface area contributed by atoms with E-state index in [9.17, 15) is 14.4 Å². The Kier molecular flexibility index (Phi) is 7.37. The van der Waals surface area contributed by atoms with Gasteiger partial charge in [-0.1, -0.05) is 37.3 Å². The van der Waals surface area contributed by atoms with Crippen LogP contribution in [-0.4, -0.2) is 42.6 Å². The van der Waals surface area contributed by atoms with Crippen molar-refractivity contribution in [3.63, 3.8) is 0 Å². The van der Waals surface area contributed by atoms with Gasteiger partial charge in [0.2, 0.25) is 0 Å². The molecule has 2 rings (SSSR count). The Morgan fingerprint density at radius 3 is 2.39 bits per heavy atom. The smallest absolute Gasteiger partial charge is 0.355 e. The predicted octanol–water partition coefficient (Wildman–Crippen LogP) is 2.88. The Labute approximate surface area is 164 Å². The molecule has 0 spiro atoms. The van der Waals surface area contributed by atoms with E-state index in [1.165, 1.54) is 0 Å². The number of ether oxygens (including phenoxy) is 2. The lowest BCUT2D eigenvalue weighted by atomic mass is 10.0. The molecule has 1 amide bonds. The highest BCUT2D eigenvalue weighted by atomic mass is 16.5. The summed E-state index contributed by atoms with van der Waals surface area (Å²) in [4.78, 5) is 39.1. The molecular formula is C21H26N2O5. The number of nitrogens with one attached hydrogen (secondary N) is 2. The summed E-state index contributed by atoms with van der Waals surface area (Å²) in [5.41, 5.74) is 2.51. The lowest BCUT2D eigenvalue weighted by Gasteiger charge is -2.13. The highest BCUT2D eigenvalue weighted by Gasteiger charge is 2.24. The minimum atomic E-state index is -0.659. The first-order chi connectivity index (χ1) is 13.3. The largest absolute Gasteiger partial charge is 0.461 e. The first kappa shape index (κ1) is 21.2. The molecule has 0 fully saturated rings. The Bertz CT molecular complexity index is 842. The van der Waals surface area contributed by atoms with Crippen molar-refractivity contribution >= 4 is 17.8 Å². The van der Waals surface area contributed by atoms with Gasteiger partial charge in [-0.05, 0) is 37.8 Å². The molecule has 0 aliphatic heterocycles. The number of H-pyrrole nitrogens is 1. The molecule has 0 aliphatic carbocycles. The summed E-state index contributed by atoms with van der Waals surface area (Å²) in [6.07, 6.45) is 0. The third kappa shape index (κ3) is 5.22. The molecule has 1 heterocycles. The van der Waals surface area contributed by atoms with E-state index in [0.29, 0.717) is 17.8 Å². The monoisotopic (exact) mass is 386 g/mol. The third-order valence-electron chi connectivity index (χ3n) is 4.43. The lowest BCUT2D eigenvalue weighted by molar-refractivity contribution is -0.124. The molecule has 1 aromatic carbocycles. The fraction of sp³-hybridized carbons (Fsp3) is 0.381. The molecule has 0 saturated heterocycles. The second kappa shape index (κ2) is 9.73. The van der Waals surface area contributed by atoms with E-state index in [1.807, 2.05) is 37.3 Å². The van der Waals surface area contributed by atoms with Crippen LogP contribution in [0, 0.1) is 13.8 Å². The summed E-state index contributed by atoms with van der Waals surface area (Å²) in [6.45, 7) is 7.29. The molecule has 2 N–H and O–H groups in total. The van der Waals surface area contributed by atoms with Gasteiger partial charge in [0.05, 0.1) is 12.2 Å². The summed E-state index contributed by atoms with van der Waals surface area (Å²) in [5.74, 6) is -1.43. The quantitative estimate of drug-likeness (QED) is 0.680. The van der Waals surface area contributed by atoms with Gasteiger partial charge in [0.1, 0.15) is 5.69 Å². The summed E-state index contributed by atoms with van der Waals surface area (Å²) in [5, 5.41) is 2.76. The second-order valence-electron chi connectivity index (χ2n) is 6.54. The van der Waals surface area contributed by atoms with Crippen molar-refractivity contribution in [3.8, 4) is 0 Å². The molecule has 7 heteroatoms. The number of carbonyl (C=O) groups excluding carboxylic acids is 3. The van der Waals surface area contributed by atoms with Crippen LogP contribution in [0.25, 0.3) is 0 Å².